The van der Waals surface area contributed by atoms with Crippen LogP contribution in [0.1, 0.15) is 46.0 Å². The molecule has 1 aromatic carbocycles. The number of carbonyl (C=O) groups is 3. The molecule has 1 atom stereocenters. The van der Waals surface area contributed by atoms with Crippen LogP contribution in [0.3, 0.4) is 0 Å². The number of hydrogen-bond acceptors (Lipinski definition) is 6. The van der Waals surface area contributed by atoms with Gasteiger partial charge in [0, 0.05) is 43.1 Å². The van der Waals surface area contributed by atoms with Gasteiger partial charge in [0.1, 0.15) is 5.69 Å². The number of carbonyl (C=O) groups excluding carboxylic acids is 3. The molecule has 38 heavy (non-hydrogen) atoms. The normalized spacial score (nSPS) is 12.2. The van der Waals surface area contributed by atoms with Crippen molar-refractivity contribution in [1.29, 1.82) is 0 Å². The molecule has 1 unspecified atom stereocenters. The van der Waals surface area contributed by atoms with Crippen LogP contribution in [0.4, 0.5) is 18.9 Å². The summed E-state index contributed by atoms with van der Waals surface area (Å²) in [7, 11) is 1.52. The molecule has 1 N–H and O–H groups in total. The van der Waals surface area contributed by atoms with E-state index in [1.165, 1.54) is 49.3 Å². The summed E-state index contributed by atoms with van der Waals surface area (Å²) in [5.41, 5.74) is -1.37. The summed E-state index contributed by atoms with van der Waals surface area (Å²) >= 11 is 13.4. The summed E-state index contributed by atoms with van der Waals surface area (Å²) in [4.78, 5) is 43.4. The second-order valence-electron chi connectivity index (χ2n) is 8.34. The van der Waals surface area contributed by atoms with Crippen LogP contribution >= 0.6 is 35.0 Å². The van der Waals surface area contributed by atoms with Crippen LogP contribution in [0.2, 0.25) is 10.0 Å². The molecule has 2 heterocycles. The minimum absolute atomic E-state index is 0.0175. The number of aromatic nitrogens is 3. The van der Waals surface area contributed by atoms with Gasteiger partial charge in [0.15, 0.2) is 16.6 Å². The topological polar surface area (TPSA) is 97.2 Å². The quantitative estimate of drug-likeness (QED) is 0.370. The SMILES string of the molecule is CC(=O)SC(C)CN(C)C(=O)c1cc(Cl)cc(C)c1NC(=O)c1cc(C(F)(F)F)nn1-c1ncccc1Cl. The highest BCUT2D eigenvalue weighted by Crippen LogP contribution is 2.32. The Labute approximate surface area is 230 Å². The van der Waals surface area contributed by atoms with E-state index < -0.39 is 29.4 Å². The number of amides is 2. The first-order chi connectivity index (χ1) is 17.7. The number of hydrogen-bond donors (Lipinski definition) is 1. The van der Waals surface area contributed by atoms with Crippen molar-refractivity contribution < 1.29 is 27.6 Å². The Morgan fingerprint density at radius 3 is 2.50 bits per heavy atom. The monoisotopic (exact) mass is 587 g/mol. The molecule has 0 bridgehead atoms. The molecule has 3 rings (SSSR count). The third kappa shape index (κ3) is 6.86. The Bertz CT molecular complexity index is 1400. The first kappa shape index (κ1) is 29.5. The van der Waals surface area contributed by atoms with Crippen molar-refractivity contribution in [2.24, 2.45) is 0 Å². The van der Waals surface area contributed by atoms with Gasteiger partial charge in [-0.3, -0.25) is 14.4 Å². The summed E-state index contributed by atoms with van der Waals surface area (Å²) in [6.45, 7) is 5.00. The molecular formula is C24H22Cl2F3N5O3S. The van der Waals surface area contributed by atoms with Gasteiger partial charge in [0.2, 0.25) is 0 Å². The number of alkyl halides is 3. The van der Waals surface area contributed by atoms with E-state index in [2.05, 4.69) is 15.4 Å². The lowest BCUT2D eigenvalue weighted by atomic mass is 10.1. The maximum atomic E-state index is 13.5. The zero-order valence-electron chi connectivity index (χ0n) is 20.6. The van der Waals surface area contributed by atoms with Crippen LogP contribution < -0.4 is 5.32 Å². The molecule has 0 aliphatic heterocycles. The molecule has 0 fully saturated rings. The van der Waals surface area contributed by atoms with Crippen LogP contribution in [0, 0.1) is 6.92 Å². The first-order valence-electron chi connectivity index (χ1n) is 11.0. The molecule has 0 aliphatic rings. The predicted octanol–water partition coefficient (Wildman–Crippen LogP) is 5.89. The fraction of sp³-hybridized carbons (Fsp3) is 0.292. The van der Waals surface area contributed by atoms with Crippen LogP contribution in [-0.2, 0) is 11.0 Å². The van der Waals surface area contributed by atoms with Gasteiger partial charge in [-0.05, 0) is 36.8 Å². The summed E-state index contributed by atoms with van der Waals surface area (Å²) in [6, 6.07) is 6.28. The molecular weight excluding hydrogens is 566 g/mol. The van der Waals surface area contributed by atoms with Gasteiger partial charge in [-0.15, -0.1) is 0 Å². The summed E-state index contributed by atoms with van der Waals surface area (Å²) in [6.07, 6.45) is -3.56. The van der Waals surface area contributed by atoms with Crippen molar-refractivity contribution in [2.45, 2.75) is 32.2 Å². The lowest BCUT2D eigenvalue weighted by Crippen LogP contribution is -2.33. The van der Waals surface area contributed by atoms with Crippen LogP contribution in [0.25, 0.3) is 5.82 Å². The maximum absolute atomic E-state index is 13.5. The lowest BCUT2D eigenvalue weighted by Gasteiger charge is -2.23. The third-order valence-electron chi connectivity index (χ3n) is 5.19. The smallest absolute Gasteiger partial charge is 0.341 e. The predicted molar refractivity (Wildman–Crippen MR) is 140 cm³/mol. The zero-order chi connectivity index (χ0) is 28.4. The van der Waals surface area contributed by atoms with Crippen molar-refractivity contribution >= 4 is 57.6 Å². The third-order valence-corrected chi connectivity index (χ3v) is 6.58. The van der Waals surface area contributed by atoms with E-state index in [4.69, 9.17) is 23.2 Å². The van der Waals surface area contributed by atoms with Gasteiger partial charge < -0.3 is 10.2 Å². The number of thioether (sulfide) groups is 1. The van der Waals surface area contributed by atoms with E-state index in [9.17, 15) is 27.6 Å². The van der Waals surface area contributed by atoms with E-state index in [1.807, 2.05) is 0 Å². The zero-order valence-corrected chi connectivity index (χ0v) is 22.9. The second-order valence-corrected chi connectivity index (χ2v) is 10.8. The number of halogens is 5. The fourth-order valence-electron chi connectivity index (χ4n) is 3.63. The molecule has 0 spiro atoms. The van der Waals surface area contributed by atoms with Gasteiger partial charge >= 0.3 is 6.18 Å². The molecule has 8 nitrogen and oxygen atoms in total. The number of pyridine rings is 1. The molecule has 0 saturated carbocycles. The minimum atomic E-state index is -4.85. The average Bonchev–Trinajstić information content (AvgIpc) is 3.25. The van der Waals surface area contributed by atoms with Crippen molar-refractivity contribution in [3.05, 3.63) is 69.1 Å². The highest BCUT2D eigenvalue weighted by molar-refractivity contribution is 8.14. The maximum Gasteiger partial charge on any atom is 0.435 e. The molecule has 14 heteroatoms. The van der Waals surface area contributed by atoms with Gasteiger partial charge in [0.25, 0.3) is 11.8 Å². The standard InChI is InChI=1S/C24H22Cl2F3N5O3S/c1-12-8-15(25)9-16(23(37)33(4)11-13(2)38-14(3)35)20(12)31-22(36)18-10-19(24(27,28)29)32-34(18)21-17(26)6-5-7-30-21/h5-10,13H,11H2,1-4H3,(H,31,36). The summed E-state index contributed by atoms with van der Waals surface area (Å²) < 4.78 is 41.2. The summed E-state index contributed by atoms with van der Waals surface area (Å²) in [5.74, 6) is -1.69. The number of anilines is 1. The molecule has 3 aromatic rings. The van der Waals surface area contributed by atoms with Crippen LogP contribution in [0.5, 0.6) is 0 Å². The molecule has 0 saturated heterocycles. The van der Waals surface area contributed by atoms with Crippen molar-refractivity contribution in [3.63, 3.8) is 0 Å². The molecule has 2 aromatic heterocycles. The number of nitrogens with one attached hydrogen (secondary N) is 1. The van der Waals surface area contributed by atoms with Crippen molar-refractivity contribution in [3.8, 4) is 5.82 Å². The van der Waals surface area contributed by atoms with Crippen molar-refractivity contribution in [1.82, 2.24) is 19.7 Å². The Kier molecular flexibility index (Phi) is 9.11. The van der Waals surface area contributed by atoms with E-state index in [1.54, 1.807) is 13.8 Å². The van der Waals surface area contributed by atoms with Gasteiger partial charge in [-0.25, -0.2) is 9.67 Å². The van der Waals surface area contributed by atoms with Crippen LogP contribution in [-0.4, -0.2) is 55.4 Å². The average molecular weight is 588 g/mol. The highest BCUT2D eigenvalue weighted by Gasteiger charge is 2.37. The van der Waals surface area contributed by atoms with Crippen molar-refractivity contribution in [2.75, 3.05) is 18.9 Å². The second kappa shape index (κ2) is 11.7. The number of benzene rings is 1. The highest BCUT2D eigenvalue weighted by atomic mass is 35.5. The summed E-state index contributed by atoms with van der Waals surface area (Å²) in [5, 5.41) is 5.92. The Morgan fingerprint density at radius 2 is 1.89 bits per heavy atom. The number of rotatable bonds is 7. The number of nitrogens with zero attached hydrogens (tertiary/aromatic N) is 4. The van der Waals surface area contributed by atoms with E-state index in [0.717, 1.165) is 11.8 Å². The minimum Gasteiger partial charge on any atom is -0.341 e. The van der Waals surface area contributed by atoms with E-state index in [0.29, 0.717) is 16.3 Å². The fourth-order valence-corrected chi connectivity index (χ4v) is 4.97. The lowest BCUT2D eigenvalue weighted by molar-refractivity contribution is -0.141. The first-order valence-corrected chi connectivity index (χ1v) is 12.6. The Morgan fingerprint density at radius 1 is 1.21 bits per heavy atom. The van der Waals surface area contributed by atoms with Gasteiger partial charge in [0.05, 0.1) is 16.3 Å². The van der Waals surface area contributed by atoms with E-state index >= 15 is 0 Å². The Hall–Kier alpha value is -3.09. The van der Waals surface area contributed by atoms with Gasteiger partial charge in [-0.2, -0.15) is 18.3 Å². The molecule has 0 aliphatic carbocycles. The Balaban J connectivity index is 2.02. The number of aryl methyl sites for hydroxylation is 1. The molecule has 202 valence electrons. The molecule has 2 amide bonds. The van der Waals surface area contributed by atoms with Crippen LogP contribution in [0.15, 0.2) is 36.5 Å². The van der Waals surface area contributed by atoms with E-state index in [-0.39, 0.29) is 44.0 Å². The molecule has 0 radical (unpaired) electrons. The largest absolute Gasteiger partial charge is 0.435 e. The van der Waals surface area contributed by atoms with Gasteiger partial charge in [-0.1, -0.05) is 41.9 Å².